The molecule has 27 heavy (non-hydrogen) atoms. The zero-order chi connectivity index (χ0) is 19.1. The molecule has 1 aliphatic rings. The van der Waals surface area contributed by atoms with Crippen LogP contribution in [0.3, 0.4) is 0 Å². The normalized spacial score (nSPS) is 19.6. The molecule has 1 amide bonds. The van der Waals surface area contributed by atoms with E-state index < -0.39 is 11.9 Å². The van der Waals surface area contributed by atoms with E-state index in [9.17, 15) is 14.7 Å². The first kappa shape index (κ1) is 17.2. The number of aromatic nitrogens is 3. The average molecular weight is 364 g/mol. The lowest BCUT2D eigenvalue weighted by atomic mass is 9.89. The minimum atomic E-state index is -0.885. The standard InChI is InChI=1S/C20H20N4O3/c1-12-8-13(2)24-18(22-12)15(9-21-24)19(25)23-10-16(17(11-23)20(26)27)14-6-4-3-5-7-14/h3-9,16-17H,10-11H2,1-2H3,(H,26,27)/t16-,17+/m0/s1. The quantitative estimate of drug-likeness (QED) is 0.770. The number of benzene rings is 1. The van der Waals surface area contributed by atoms with Gasteiger partial charge in [0.2, 0.25) is 0 Å². The molecular formula is C20H20N4O3. The van der Waals surface area contributed by atoms with Crippen LogP contribution in [-0.4, -0.2) is 49.6 Å². The molecule has 0 aliphatic carbocycles. The van der Waals surface area contributed by atoms with E-state index in [0.717, 1.165) is 17.0 Å². The second-order valence-corrected chi connectivity index (χ2v) is 7.00. The fraction of sp³-hybridized carbons (Fsp3) is 0.300. The zero-order valence-corrected chi connectivity index (χ0v) is 15.2. The molecule has 1 fully saturated rings. The maximum absolute atomic E-state index is 13.1. The van der Waals surface area contributed by atoms with Crippen molar-refractivity contribution in [2.75, 3.05) is 13.1 Å². The Balaban J connectivity index is 1.68. The number of nitrogens with zero attached hydrogens (tertiary/aromatic N) is 4. The third-order valence-electron chi connectivity index (χ3n) is 5.16. The topological polar surface area (TPSA) is 87.8 Å². The molecule has 0 saturated carbocycles. The SMILES string of the molecule is Cc1cc(C)n2ncc(C(=O)N3C[C@@H](C(=O)O)[C@H](c4ccccc4)C3)c2n1. The van der Waals surface area contributed by atoms with E-state index in [1.54, 1.807) is 9.42 Å². The first-order valence-corrected chi connectivity index (χ1v) is 8.84. The number of rotatable bonds is 3. The Morgan fingerprint density at radius 3 is 2.59 bits per heavy atom. The fourth-order valence-corrected chi connectivity index (χ4v) is 3.85. The summed E-state index contributed by atoms with van der Waals surface area (Å²) < 4.78 is 1.64. The van der Waals surface area contributed by atoms with Gasteiger partial charge in [0.15, 0.2) is 5.65 Å². The molecular weight excluding hydrogens is 344 g/mol. The molecule has 1 N–H and O–H groups in total. The Labute approximate surface area is 156 Å². The molecule has 7 heteroatoms. The summed E-state index contributed by atoms with van der Waals surface area (Å²) >= 11 is 0. The van der Waals surface area contributed by atoms with E-state index in [4.69, 9.17) is 0 Å². The summed E-state index contributed by atoms with van der Waals surface area (Å²) in [6, 6.07) is 11.4. The van der Waals surface area contributed by atoms with Crippen molar-refractivity contribution in [2.24, 2.45) is 5.92 Å². The van der Waals surface area contributed by atoms with Crippen molar-refractivity contribution in [1.29, 1.82) is 0 Å². The third-order valence-corrected chi connectivity index (χ3v) is 5.16. The zero-order valence-electron chi connectivity index (χ0n) is 15.2. The van der Waals surface area contributed by atoms with Crippen LogP contribution in [-0.2, 0) is 4.79 Å². The largest absolute Gasteiger partial charge is 0.481 e. The van der Waals surface area contributed by atoms with Crippen molar-refractivity contribution < 1.29 is 14.7 Å². The van der Waals surface area contributed by atoms with Gasteiger partial charge < -0.3 is 10.0 Å². The van der Waals surface area contributed by atoms with Gasteiger partial charge in [-0.05, 0) is 25.5 Å². The lowest BCUT2D eigenvalue weighted by Crippen LogP contribution is -2.30. The summed E-state index contributed by atoms with van der Waals surface area (Å²) in [6.07, 6.45) is 1.52. The van der Waals surface area contributed by atoms with E-state index in [0.29, 0.717) is 17.8 Å². The number of fused-ring (bicyclic) bond motifs is 1. The highest BCUT2D eigenvalue weighted by atomic mass is 16.4. The van der Waals surface area contributed by atoms with Crippen LogP contribution in [0.15, 0.2) is 42.6 Å². The molecule has 3 aromatic rings. The number of aliphatic carboxylic acids is 1. The highest BCUT2D eigenvalue weighted by Gasteiger charge is 2.41. The smallest absolute Gasteiger partial charge is 0.308 e. The minimum absolute atomic E-state index is 0.176. The summed E-state index contributed by atoms with van der Waals surface area (Å²) in [7, 11) is 0. The Morgan fingerprint density at radius 2 is 1.89 bits per heavy atom. The number of hydrogen-bond acceptors (Lipinski definition) is 4. The number of carboxylic acids is 1. The van der Waals surface area contributed by atoms with Crippen LogP contribution in [0.4, 0.5) is 0 Å². The number of hydrogen-bond donors (Lipinski definition) is 1. The lowest BCUT2D eigenvalue weighted by molar-refractivity contribution is -0.141. The van der Waals surface area contributed by atoms with Gasteiger partial charge in [-0.15, -0.1) is 0 Å². The van der Waals surface area contributed by atoms with Gasteiger partial charge in [-0.1, -0.05) is 30.3 Å². The number of carboxylic acid groups (broad SMARTS) is 1. The number of likely N-dealkylation sites (tertiary alicyclic amines) is 1. The second-order valence-electron chi connectivity index (χ2n) is 7.00. The van der Waals surface area contributed by atoms with Crippen LogP contribution in [0, 0.1) is 19.8 Å². The summed E-state index contributed by atoms with van der Waals surface area (Å²) in [6.45, 7) is 4.32. The van der Waals surface area contributed by atoms with Gasteiger partial charge in [0.1, 0.15) is 5.56 Å². The number of aryl methyl sites for hydroxylation is 2. The van der Waals surface area contributed by atoms with Crippen LogP contribution in [0.1, 0.15) is 33.2 Å². The molecule has 0 bridgehead atoms. The molecule has 4 rings (SSSR count). The van der Waals surface area contributed by atoms with Crippen LogP contribution >= 0.6 is 0 Å². The van der Waals surface area contributed by atoms with E-state index in [-0.39, 0.29) is 18.4 Å². The molecule has 138 valence electrons. The highest BCUT2D eigenvalue weighted by Crippen LogP contribution is 2.34. The van der Waals surface area contributed by atoms with Gasteiger partial charge >= 0.3 is 5.97 Å². The maximum atomic E-state index is 13.1. The first-order valence-electron chi connectivity index (χ1n) is 8.84. The molecule has 1 saturated heterocycles. The third kappa shape index (κ3) is 2.95. The highest BCUT2D eigenvalue weighted by molar-refractivity contribution is 6.00. The Hall–Kier alpha value is -3.22. The van der Waals surface area contributed by atoms with Gasteiger partial charge in [-0.25, -0.2) is 9.50 Å². The maximum Gasteiger partial charge on any atom is 0.308 e. The van der Waals surface area contributed by atoms with Crippen molar-refractivity contribution in [3.63, 3.8) is 0 Å². The monoisotopic (exact) mass is 364 g/mol. The van der Waals surface area contributed by atoms with Gasteiger partial charge in [-0.3, -0.25) is 9.59 Å². The van der Waals surface area contributed by atoms with Crippen molar-refractivity contribution in [3.8, 4) is 0 Å². The van der Waals surface area contributed by atoms with Crippen molar-refractivity contribution in [1.82, 2.24) is 19.5 Å². The van der Waals surface area contributed by atoms with Crippen LogP contribution in [0.2, 0.25) is 0 Å². The Bertz CT molecular complexity index is 1030. The van der Waals surface area contributed by atoms with Gasteiger partial charge in [-0.2, -0.15) is 5.10 Å². The van der Waals surface area contributed by atoms with Crippen molar-refractivity contribution in [2.45, 2.75) is 19.8 Å². The average Bonchev–Trinajstić information content (AvgIpc) is 3.26. The molecule has 1 aliphatic heterocycles. The molecule has 0 unspecified atom stereocenters. The number of carbonyl (C=O) groups is 2. The van der Waals surface area contributed by atoms with Crippen LogP contribution < -0.4 is 0 Å². The first-order chi connectivity index (χ1) is 13.0. The summed E-state index contributed by atoms with van der Waals surface area (Å²) in [5.41, 5.74) is 3.54. The molecule has 2 aromatic heterocycles. The fourth-order valence-electron chi connectivity index (χ4n) is 3.85. The van der Waals surface area contributed by atoms with Crippen molar-refractivity contribution in [3.05, 3.63) is 65.1 Å². The molecule has 0 spiro atoms. The van der Waals surface area contributed by atoms with Gasteiger partial charge in [0, 0.05) is 30.4 Å². The summed E-state index contributed by atoms with van der Waals surface area (Å²) in [5.74, 6) is -1.98. The second kappa shape index (κ2) is 6.50. The van der Waals surface area contributed by atoms with Gasteiger partial charge in [0.25, 0.3) is 5.91 Å². The van der Waals surface area contributed by atoms with E-state index >= 15 is 0 Å². The summed E-state index contributed by atoms with van der Waals surface area (Å²) in [5, 5.41) is 13.9. The van der Waals surface area contributed by atoms with E-state index in [1.165, 1.54) is 6.20 Å². The predicted molar refractivity (Wildman–Crippen MR) is 98.7 cm³/mol. The van der Waals surface area contributed by atoms with E-state index in [1.807, 2.05) is 50.2 Å². The van der Waals surface area contributed by atoms with Crippen molar-refractivity contribution >= 4 is 17.5 Å². The van der Waals surface area contributed by atoms with Crippen LogP contribution in [0.25, 0.3) is 5.65 Å². The molecule has 0 radical (unpaired) electrons. The van der Waals surface area contributed by atoms with E-state index in [2.05, 4.69) is 10.1 Å². The molecule has 7 nitrogen and oxygen atoms in total. The predicted octanol–water partition coefficient (Wildman–Crippen LogP) is 2.29. The summed E-state index contributed by atoms with van der Waals surface area (Å²) in [4.78, 5) is 31.0. The molecule has 3 heterocycles. The molecule has 1 aromatic carbocycles. The molecule has 2 atom stereocenters. The van der Waals surface area contributed by atoms with Crippen LogP contribution in [0.5, 0.6) is 0 Å². The number of carbonyl (C=O) groups excluding carboxylic acids is 1. The van der Waals surface area contributed by atoms with Gasteiger partial charge in [0.05, 0.1) is 12.1 Å². The Morgan fingerprint density at radius 1 is 1.15 bits per heavy atom. The lowest BCUT2D eigenvalue weighted by Gasteiger charge is -2.16. The minimum Gasteiger partial charge on any atom is -0.481 e. The number of amides is 1. The Kier molecular flexibility index (Phi) is 4.14.